The molecule has 2 saturated heterocycles. The van der Waals surface area contributed by atoms with Crippen molar-refractivity contribution in [2.75, 3.05) is 24.5 Å². The fraction of sp³-hybridized carbons (Fsp3) is 0.429. The van der Waals surface area contributed by atoms with Crippen molar-refractivity contribution in [1.29, 1.82) is 5.26 Å². The molecule has 0 radical (unpaired) electrons. The number of rotatable bonds is 8. The van der Waals surface area contributed by atoms with E-state index in [9.17, 15) is 14.9 Å². The molecule has 0 spiro atoms. The number of aromatic nitrogens is 1. The predicted octanol–water partition coefficient (Wildman–Crippen LogP) is 5.26. The molecule has 3 heterocycles. The molecular formula is C28H32N4O2S2. The Kier molecular flexibility index (Phi) is 8.65. The first-order valence-corrected chi connectivity index (χ1v) is 13.9. The number of anilines is 1. The van der Waals surface area contributed by atoms with Crippen LogP contribution in [0.15, 0.2) is 40.0 Å². The van der Waals surface area contributed by atoms with Gasteiger partial charge in [-0.2, -0.15) is 5.26 Å². The van der Waals surface area contributed by atoms with Crippen molar-refractivity contribution < 1.29 is 4.79 Å². The third kappa shape index (κ3) is 5.42. The molecule has 8 heteroatoms. The number of thiocarbonyl (C=S) groups is 1. The van der Waals surface area contributed by atoms with Crippen LogP contribution in [-0.2, 0) is 17.8 Å². The van der Waals surface area contributed by atoms with Gasteiger partial charge in [0.15, 0.2) is 0 Å². The van der Waals surface area contributed by atoms with E-state index < -0.39 is 0 Å². The Bertz CT molecular complexity index is 1270. The summed E-state index contributed by atoms with van der Waals surface area (Å²) in [4.78, 5) is 31.2. The Labute approximate surface area is 222 Å². The lowest BCUT2D eigenvalue weighted by atomic mass is 10.0. The van der Waals surface area contributed by atoms with E-state index in [1.54, 1.807) is 9.47 Å². The lowest BCUT2D eigenvalue weighted by molar-refractivity contribution is -0.122. The van der Waals surface area contributed by atoms with Gasteiger partial charge in [0.25, 0.3) is 11.5 Å². The highest BCUT2D eigenvalue weighted by atomic mass is 32.2. The zero-order chi connectivity index (χ0) is 25.7. The van der Waals surface area contributed by atoms with Crippen LogP contribution in [0.1, 0.15) is 61.3 Å². The van der Waals surface area contributed by atoms with Gasteiger partial charge in [0.05, 0.1) is 4.91 Å². The second kappa shape index (κ2) is 11.9. The largest absolute Gasteiger partial charge is 0.357 e. The van der Waals surface area contributed by atoms with E-state index >= 15 is 0 Å². The van der Waals surface area contributed by atoms with Gasteiger partial charge < -0.3 is 4.90 Å². The number of carbonyl (C=O) groups excluding carboxylic acids is 1. The number of benzene rings is 1. The highest BCUT2D eigenvalue weighted by Gasteiger charge is 2.33. The molecule has 0 saturated carbocycles. The van der Waals surface area contributed by atoms with Crippen LogP contribution in [0.4, 0.5) is 5.82 Å². The summed E-state index contributed by atoms with van der Waals surface area (Å²) < 4.78 is 2.31. The quantitative estimate of drug-likeness (QED) is 0.349. The monoisotopic (exact) mass is 520 g/mol. The smallest absolute Gasteiger partial charge is 0.270 e. The minimum absolute atomic E-state index is 0.116. The molecule has 2 aromatic rings. The molecule has 188 valence electrons. The van der Waals surface area contributed by atoms with E-state index in [4.69, 9.17) is 12.2 Å². The van der Waals surface area contributed by atoms with Crippen LogP contribution in [0.2, 0.25) is 0 Å². The Morgan fingerprint density at radius 3 is 2.50 bits per heavy atom. The van der Waals surface area contributed by atoms with Gasteiger partial charge in [0.1, 0.15) is 21.8 Å². The Morgan fingerprint density at radius 1 is 1.11 bits per heavy atom. The SMILES string of the molecule is CCCCn1c(N2CCCCC2)c(/C=C2/SC(=S)N(CCc3ccccc3)C2=O)c(C)c(C#N)c1=O. The normalized spacial score (nSPS) is 17.2. The lowest BCUT2D eigenvalue weighted by Gasteiger charge is -2.33. The molecule has 6 nitrogen and oxygen atoms in total. The molecule has 0 N–H and O–H groups in total. The van der Waals surface area contributed by atoms with E-state index in [0.717, 1.165) is 62.1 Å². The summed E-state index contributed by atoms with van der Waals surface area (Å²) in [7, 11) is 0. The average molecular weight is 521 g/mol. The lowest BCUT2D eigenvalue weighted by Crippen LogP contribution is -2.37. The first kappa shape index (κ1) is 26.2. The highest BCUT2D eigenvalue weighted by molar-refractivity contribution is 8.26. The van der Waals surface area contributed by atoms with Crippen molar-refractivity contribution in [3.05, 3.63) is 67.8 Å². The third-order valence-electron chi connectivity index (χ3n) is 6.85. The summed E-state index contributed by atoms with van der Waals surface area (Å²) in [5.74, 6) is 0.717. The molecule has 1 amide bonds. The van der Waals surface area contributed by atoms with E-state index in [1.165, 1.54) is 18.2 Å². The number of piperidine rings is 1. The van der Waals surface area contributed by atoms with Crippen molar-refractivity contribution in [3.8, 4) is 6.07 Å². The van der Waals surface area contributed by atoms with Crippen LogP contribution >= 0.6 is 24.0 Å². The first-order chi connectivity index (χ1) is 17.5. The number of thioether (sulfide) groups is 1. The highest BCUT2D eigenvalue weighted by Crippen LogP contribution is 2.36. The number of amides is 1. The Morgan fingerprint density at radius 2 is 1.83 bits per heavy atom. The zero-order valence-corrected chi connectivity index (χ0v) is 22.6. The van der Waals surface area contributed by atoms with Gasteiger partial charge in [0, 0.05) is 31.7 Å². The number of hydrogen-bond donors (Lipinski definition) is 0. The van der Waals surface area contributed by atoms with Gasteiger partial charge in [-0.1, -0.05) is 67.7 Å². The summed E-state index contributed by atoms with van der Waals surface area (Å²) in [5, 5.41) is 9.85. The molecule has 0 aliphatic carbocycles. The first-order valence-electron chi connectivity index (χ1n) is 12.7. The Balaban J connectivity index is 1.76. The van der Waals surface area contributed by atoms with Gasteiger partial charge in [-0.3, -0.25) is 19.1 Å². The zero-order valence-electron chi connectivity index (χ0n) is 21.0. The number of carbonyl (C=O) groups is 1. The fourth-order valence-corrected chi connectivity index (χ4v) is 6.11. The number of nitrogens with zero attached hydrogens (tertiary/aromatic N) is 4. The summed E-state index contributed by atoms with van der Waals surface area (Å²) in [6, 6.07) is 12.2. The molecule has 0 atom stereocenters. The molecule has 4 rings (SSSR count). The van der Waals surface area contributed by atoms with Crippen molar-refractivity contribution >= 4 is 46.1 Å². The molecule has 2 aliphatic rings. The van der Waals surface area contributed by atoms with Crippen LogP contribution in [0.25, 0.3) is 6.08 Å². The number of unbranched alkanes of at least 4 members (excludes halogenated alkanes) is 1. The molecule has 36 heavy (non-hydrogen) atoms. The van der Waals surface area contributed by atoms with Crippen molar-refractivity contribution in [1.82, 2.24) is 9.47 Å². The van der Waals surface area contributed by atoms with E-state index in [1.807, 2.05) is 43.3 Å². The molecular weight excluding hydrogens is 488 g/mol. The topological polar surface area (TPSA) is 69.3 Å². The van der Waals surface area contributed by atoms with Crippen molar-refractivity contribution in [2.45, 2.75) is 58.9 Å². The summed E-state index contributed by atoms with van der Waals surface area (Å²) in [6.45, 7) is 6.69. The average Bonchev–Trinajstić information content (AvgIpc) is 3.16. The van der Waals surface area contributed by atoms with Gasteiger partial charge in [-0.05, 0) is 56.2 Å². The second-order valence-electron chi connectivity index (χ2n) is 9.28. The van der Waals surface area contributed by atoms with Crippen molar-refractivity contribution in [3.63, 3.8) is 0 Å². The van der Waals surface area contributed by atoms with Gasteiger partial charge in [0.2, 0.25) is 0 Å². The maximum atomic E-state index is 13.4. The van der Waals surface area contributed by atoms with Crippen LogP contribution < -0.4 is 10.5 Å². The predicted molar refractivity (Wildman–Crippen MR) is 151 cm³/mol. The van der Waals surface area contributed by atoms with Gasteiger partial charge in [-0.25, -0.2) is 0 Å². The molecule has 1 aromatic heterocycles. The fourth-order valence-electron chi connectivity index (χ4n) is 4.82. The maximum absolute atomic E-state index is 13.4. The van der Waals surface area contributed by atoms with Crippen LogP contribution in [0, 0.1) is 18.3 Å². The minimum atomic E-state index is -0.239. The summed E-state index contributed by atoms with van der Waals surface area (Å²) in [5.41, 5.74) is 2.48. The van der Waals surface area contributed by atoms with Crippen LogP contribution in [0.3, 0.4) is 0 Å². The summed E-state index contributed by atoms with van der Waals surface area (Å²) in [6.07, 6.45) is 7.65. The molecule has 0 unspecified atom stereocenters. The van der Waals surface area contributed by atoms with Gasteiger partial charge >= 0.3 is 0 Å². The number of hydrogen-bond acceptors (Lipinski definition) is 6. The Hall–Kier alpha value is -2.89. The number of pyridine rings is 1. The van der Waals surface area contributed by atoms with Crippen LogP contribution in [0.5, 0.6) is 0 Å². The molecule has 2 fully saturated rings. The molecule has 0 bridgehead atoms. The minimum Gasteiger partial charge on any atom is -0.357 e. The maximum Gasteiger partial charge on any atom is 0.270 e. The van der Waals surface area contributed by atoms with E-state index in [2.05, 4.69) is 17.9 Å². The van der Waals surface area contributed by atoms with E-state index in [-0.39, 0.29) is 17.0 Å². The van der Waals surface area contributed by atoms with Crippen molar-refractivity contribution in [2.24, 2.45) is 0 Å². The standard InChI is InChI=1S/C28H32N4O2S2/c1-3-4-16-31-25(30-14-9-6-10-15-30)22(20(2)23(19-29)26(31)33)18-24-27(34)32(28(35)36-24)17-13-21-11-7-5-8-12-21/h5,7-8,11-12,18H,3-4,6,9-10,13-17H2,1-2H3/b24-18+. The molecule has 2 aliphatic heterocycles. The molecule has 1 aromatic carbocycles. The number of nitriles is 1. The van der Waals surface area contributed by atoms with Crippen LogP contribution in [-0.4, -0.2) is 39.3 Å². The van der Waals surface area contributed by atoms with E-state index in [0.29, 0.717) is 27.9 Å². The second-order valence-corrected chi connectivity index (χ2v) is 11.0. The summed E-state index contributed by atoms with van der Waals surface area (Å²) >= 11 is 6.88. The van der Waals surface area contributed by atoms with Gasteiger partial charge in [-0.15, -0.1) is 0 Å². The third-order valence-corrected chi connectivity index (χ3v) is 8.23.